The van der Waals surface area contributed by atoms with E-state index >= 15 is 0 Å². The van der Waals surface area contributed by atoms with Gasteiger partial charge in [0.05, 0.1) is 23.8 Å². The van der Waals surface area contributed by atoms with Crippen molar-refractivity contribution in [3.8, 4) is 12.3 Å². The Hall–Kier alpha value is -2.31. The molecular weight excluding hydrogens is 426 g/mol. The fourth-order valence-electron chi connectivity index (χ4n) is 4.14. The minimum atomic E-state index is -0.993. The number of amides is 1. The molecule has 3 rings (SSSR count). The Labute approximate surface area is 193 Å². The molecule has 3 N–H and O–H groups in total. The topological polar surface area (TPSA) is 98.8 Å². The molecule has 1 aliphatic rings. The normalized spacial score (nSPS) is 20.8. The van der Waals surface area contributed by atoms with E-state index in [0.29, 0.717) is 12.3 Å². The molecule has 1 amide bonds. The summed E-state index contributed by atoms with van der Waals surface area (Å²) in [6, 6.07) is 8.62. The molecule has 1 aromatic heterocycles. The van der Waals surface area contributed by atoms with Crippen LogP contribution in [0.15, 0.2) is 34.9 Å². The molecule has 0 spiro atoms. The maximum atomic E-state index is 13.0. The van der Waals surface area contributed by atoms with Crippen LogP contribution < -0.4 is 5.32 Å². The van der Waals surface area contributed by atoms with E-state index in [2.05, 4.69) is 16.4 Å². The molecule has 2 aromatic rings. The highest BCUT2D eigenvalue weighted by Crippen LogP contribution is 2.34. The quantitative estimate of drug-likeness (QED) is 0.497. The number of rotatable bonds is 9. The molecule has 0 bridgehead atoms. The molecule has 1 aliphatic heterocycles. The first kappa shape index (κ1) is 24.3. The molecule has 1 aromatic carbocycles. The predicted molar refractivity (Wildman–Crippen MR) is 125 cm³/mol. The number of carbonyl (C=O) groups excluding carboxylic acids is 1. The van der Waals surface area contributed by atoms with E-state index in [9.17, 15) is 15.0 Å². The lowest BCUT2D eigenvalue weighted by atomic mass is 9.90. The summed E-state index contributed by atoms with van der Waals surface area (Å²) in [7, 11) is 0. The molecule has 7 nitrogen and oxygen atoms in total. The second-order valence-electron chi connectivity index (χ2n) is 8.50. The van der Waals surface area contributed by atoms with Gasteiger partial charge in [0.25, 0.3) is 0 Å². The number of aliphatic hydroxyl groups is 2. The Bertz CT molecular complexity index is 937. The predicted octanol–water partition coefficient (Wildman–Crippen LogP) is 2.33. The van der Waals surface area contributed by atoms with E-state index in [-0.39, 0.29) is 30.7 Å². The molecule has 1 fully saturated rings. The van der Waals surface area contributed by atoms with E-state index in [0.717, 1.165) is 22.6 Å². The zero-order valence-corrected chi connectivity index (χ0v) is 19.5. The van der Waals surface area contributed by atoms with Gasteiger partial charge in [-0.25, -0.2) is 0 Å². The lowest BCUT2D eigenvalue weighted by molar-refractivity contribution is -0.131. The number of nitrogens with one attached hydrogen (secondary N) is 1. The third kappa shape index (κ3) is 5.73. The van der Waals surface area contributed by atoms with Crippen molar-refractivity contribution in [2.75, 3.05) is 12.8 Å². The fraction of sp³-hybridized carbons (Fsp3) is 0.500. The van der Waals surface area contributed by atoms with Crippen LogP contribution in [0.1, 0.15) is 48.8 Å². The van der Waals surface area contributed by atoms with Crippen LogP contribution in [-0.4, -0.2) is 57.4 Å². The number of thioether (sulfide) groups is 1. The van der Waals surface area contributed by atoms with Gasteiger partial charge in [-0.3, -0.25) is 9.69 Å². The SMILES string of the molecule is C#Cc1ccc(CNC(=O)[C@@H]2C[C@@H](O)CN2C(O)C(c2cc(CSC)no2)C(C)C)cc1. The largest absolute Gasteiger partial charge is 0.392 e. The van der Waals surface area contributed by atoms with Crippen molar-refractivity contribution in [1.29, 1.82) is 0 Å². The highest BCUT2D eigenvalue weighted by atomic mass is 32.2. The minimum absolute atomic E-state index is 0.0382. The number of hydrogen-bond donors (Lipinski definition) is 3. The lowest BCUT2D eigenvalue weighted by Gasteiger charge is -2.34. The van der Waals surface area contributed by atoms with Gasteiger partial charge in [0.1, 0.15) is 12.0 Å². The van der Waals surface area contributed by atoms with Crippen LogP contribution in [0.3, 0.4) is 0 Å². The third-order valence-electron chi connectivity index (χ3n) is 5.78. The second-order valence-corrected chi connectivity index (χ2v) is 9.36. The maximum absolute atomic E-state index is 13.0. The van der Waals surface area contributed by atoms with Gasteiger partial charge < -0.3 is 20.1 Å². The van der Waals surface area contributed by atoms with Gasteiger partial charge in [-0.1, -0.05) is 37.1 Å². The molecule has 172 valence electrons. The van der Waals surface area contributed by atoms with Crippen LogP contribution in [0.5, 0.6) is 0 Å². The smallest absolute Gasteiger partial charge is 0.237 e. The summed E-state index contributed by atoms with van der Waals surface area (Å²) in [4.78, 5) is 14.6. The molecule has 8 heteroatoms. The van der Waals surface area contributed by atoms with Crippen LogP contribution in [0, 0.1) is 18.3 Å². The van der Waals surface area contributed by atoms with Crippen molar-refractivity contribution in [2.45, 2.75) is 56.9 Å². The Kier molecular flexibility index (Phi) is 8.38. The first-order valence-corrected chi connectivity index (χ1v) is 12.1. The van der Waals surface area contributed by atoms with Gasteiger partial charge in [0.15, 0.2) is 0 Å². The van der Waals surface area contributed by atoms with Crippen LogP contribution in [-0.2, 0) is 17.1 Å². The first-order chi connectivity index (χ1) is 15.3. The Morgan fingerprint density at radius 3 is 2.75 bits per heavy atom. The number of carbonyl (C=O) groups is 1. The summed E-state index contributed by atoms with van der Waals surface area (Å²) in [5.74, 6) is 3.30. The average Bonchev–Trinajstić information content (AvgIpc) is 3.39. The molecule has 1 saturated heterocycles. The summed E-state index contributed by atoms with van der Waals surface area (Å²) in [6.07, 6.45) is 5.95. The number of aliphatic hydroxyl groups excluding tert-OH is 2. The standard InChI is InChI=1S/C24H31N3O4S/c1-5-16-6-8-17(9-7-16)12-25-23(29)20-11-19(28)13-27(20)24(30)22(15(2)3)21-10-18(14-32-4)26-31-21/h1,6-10,15,19-20,22,24,28,30H,11-14H2,2-4H3,(H,25,29)/t19-,20+,22?,24?/m1/s1. The van der Waals surface area contributed by atoms with Crippen molar-refractivity contribution < 1.29 is 19.5 Å². The van der Waals surface area contributed by atoms with Crippen molar-refractivity contribution in [2.24, 2.45) is 5.92 Å². The van der Waals surface area contributed by atoms with Crippen LogP contribution in [0.4, 0.5) is 0 Å². The number of terminal acetylenes is 1. The molecule has 2 unspecified atom stereocenters. The average molecular weight is 458 g/mol. The number of benzene rings is 1. The van der Waals surface area contributed by atoms with Crippen molar-refractivity contribution >= 4 is 17.7 Å². The van der Waals surface area contributed by atoms with E-state index in [1.54, 1.807) is 16.7 Å². The summed E-state index contributed by atoms with van der Waals surface area (Å²) < 4.78 is 5.54. The zero-order chi connectivity index (χ0) is 23.3. The molecular formula is C24H31N3O4S. The third-order valence-corrected chi connectivity index (χ3v) is 6.37. The van der Waals surface area contributed by atoms with E-state index in [4.69, 9.17) is 10.9 Å². The molecule has 4 atom stereocenters. The number of nitrogens with zero attached hydrogens (tertiary/aromatic N) is 2. The molecule has 0 saturated carbocycles. The highest BCUT2D eigenvalue weighted by Gasteiger charge is 2.43. The fourth-order valence-corrected chi connectivity index (χ4v) is 4.57. The van der Waals surface area contributed by atoms with Crippen LogP contribution in [0.2, 0.25) is 0 Å². The summed E-state index contributed by atoms with van der Waals surface area (Å²) in [5.41, 5.74) is 2.52. The Morgan fingerprint density at radius 1 is 1.41 bits per heavy atom. The highest BCUT2D eigenvalue weighted by molar-refractivity contribution is 7.97. The zero-order valence-electron chi connectivity index (χ0n) is 18.7. The number of hydrogen-bond acceptors (Lipinski definition) is 7. The monoisotopic (exact) mass is 457 g/mol. The van der Waals surface area contributed by atoms with Gasteiger partial charge >= 0.3 is 0 Å². The maximum Gasteiger partial charge on any atom is 0.237 e. The van der Waals surface area contributed by atoms with Crippen molar-refractivity contribution in [3.05, 3.63) is 52.9 Å². The van der Waals surface area contributed by atoms with Gasteiger partial charge in [0, 0.05) is 30.5 Å². The molecule has 0 radical (unpaired) electrons. The van der Waals surface area contributed by atoms with Crippen molar-refractivity contribution in [1.82, 2.24) is 15.4 Å². The number of β-amino-alcohol motifs (C(OH)–C–C–N with tert-alkyl or cyclic N) is 1. The van der Waals surface area contributed by atoms with Crippen LogP contribution >= 0.6 is 11.8 Å². The summed E-state index contributed by atoms with van der Waals surface area (Å²) in [5, 5.41) is 28.6. The Morgan fingerprint density at radius 2 is 2.12 bits per heavy atom. The molecule has 32 heavy (non-hydrogen) atoms. The van der Waals surface area contributed by atoms with Crippen molar-refractivity contribution in [3.63, 3.8) is 0 Å². The van der Waals surface area contributed by atoms with Gasteiger partial charge in [-0.05, 0) is 36.3 Å². The van der Waals surface area contributed by atoms with E-state index in [1.165, 1.54) is 0 Å². The van der Waals surface area contributed by atoms with Gasteiger partial charge in [-0.2, -0.15) is 11.8 Å². The number of likely N-dealkylation sites (tertiary alicyclic amines) is 1. The van der Waals surface area contributed by atoms with Crippen LogP contribution in [0.25, 0.3) is 0 Å². The number of aromatic nitrogens is 1. The lowest BCUT2D eigenvalue weighted by Crippen LogP contribution is -2.50. The van der Waals surface area contributed by atoms with E-state index in [1.807, 2.05) is 50.4 Å². The van der Waals surface area contributed by atoms with Gasteiger partial charge in [0.2, 0.25) is 5.91 Å². The second kappa shape index (κ2) is 11.0. The molecule has 0 aliphatic carbocycles. The minimum Gasteiger partial charge on any atom is -0.392 e. The van der Waals surface area contributed by atoms with E-state index < -0.39 is 18.4 Å². The Balaban J connectivity index is 1.71. The first-order valence-electron chi connectivity index (χ1n) is 10.7. The van der Waals surface area contributed by atoms with Gasteiger partial charge in [-0.15, -0.1) is 6.42 Å². The molecule has 2 heterocycles. The summed E-state index contributed by atoms with van der Waals surface area (Å²) in [6.45, 7) is 4.54. The summed E-state index contributed by atoms with van der Waals surface area (Å²) >= 11 is 1.64.